The van der Waals surface area contributed by atoms with Crippen molar-refractivity contribution < 1.29 is 51.3 Å². The maximum Gasteiger partial charge on any atom is 4.00 e. The van der Waals surface area contributed by atoms with E-state index in [4.69, 9.17) is 10.5 Å². The van der Waals surface area contributed by atoms with E-state index >= 15 is 0 Å². The van der Waals surface area contributed by atoms with Crippen LogP contribution < -0.4 is 35.2 Å². The molecule has 0 aliphatic rings. The van der Waals surface area contributed by atoms with Gasteiger partial charge in [-0.25, -0.2) is 0 Å². The number of carbonyl (C=O) groups is 1. The van der Waals surface area contributed by atoms with Crippen LogP contribution in [0, 0.1) is 0 Å². The summed E-state index contributed by atoms with van der Waals surface area (Å²) in [7, 11) is 0.777. The van der Waals surface area contributed by atoms with Gasteiger partial charge in [0, 0.05) is 6.41 Å². The molecule has 4 rings (SSSR count). The zero-order valence-electron chi connectivity index (χ0n) is 15.1. The van der Waals surface area contributed by atoms with E-state index in [1.54, 1.807) is 0 Å². The van der Waals surface area contributed by atoms with Gasteiger partial charge in [0.15, 0.2) is 0 Å². The zero-order valence-corrected chi connectivity index (χ0v) is 19.1. The number of benzene rings is 3. The van der Waals surface area contributed by atoms with E-state index in [9.17, 15) is 0 Å². The van der Waals surface area contributed by atoms with E-state index in [1.165, 1.54) is 21.1 Å². The van der Waals surface area contributed by atoms with Gasteiger partial charge in [-0.2, -0.15) is 17.5 Å². The molecule has 1 amide bonds. The summed E-state index contributed by atoms with van der Waals surface area (Å²) in [4.78, 5) is 8.47. The van der Waals surface area contributed by atoms with Gasteiger partial charge in [-0.3, -0.25) is 0 Å². The number of nitrogens with one attached hydrogen (secondary N) is 1. The predicted molar refractivity (Wildman–Crippen MR) is 108 cm³/mol. The van der Waals surface area contributed by atoms with Crippen LogP contribution in [0.5, 0.6) is 0 Å². The molecule has 0 saturated carbocycles. The SMILES string of the molecule is [Cl-].[Cl-].[NH-]C=O.[Ti+4].c1ccc([Si]c2ccccc2)cc1.c1ccc2[cH-]ccc2c1. The zero-order chi connectivity index (χ0) is 17.7. The maximum absolute atomic E-state index is 8.47. The quantitative estimate of drug-likeness (QED) is 0.196. The van der Waals surface area contributed by atoms with Crippen LogP contribution in [0.1, 0.15) is 0 Å². The number of hydrogen-bond acceptors (Lipinski definition) is 1. The third-order valence-electron chi connectivity index (χ3n) is 3.38. The summed E-state index contributed by atoms with van der Waals surface area (Å²) in [6.07, 6.45) is 0. The summed E-state index contributed by atoms with van der Waals surface area (Å²) < 4.78 is 0. The second-order valence-electron chi connectivity index (χ2n) is 5.13. The fourth-order valence-electron chi connectivity index (χ4n) is 2.28. The molecule has 0 aliphatic carbocycles. The third kappa shape index (κ3) is 10.6. The Labute approximate surface area is 196 Å². The van der Waals surface area contributed by atoms with Crippen molar-refractivity contribution in [2.45, 2.75) is 0 Å². The minimum Gasteiger partial charge on any atom is -1.00 e. The van der Waals surface area contributed by atoms with E-state index < -0.39 is 0 Å². The normalized spacial score (nSPS) is 8.29. The number of amides is 1. The van der Waals surface area contributed by atoms with Crippen molar-refractivity contribution >= 4 is 37.1 Å². The molecule has 6 heteroatoms. The van der Waals surface area contributed by atoms with E-state index in [0.29, 0.717) is 0 Å². The van der Waals surface area contributed by atoms with Crippen LogP contribution in [0.2, 0.25) is 0 Å². The molecule has 4 aromatic rings. The maximum atomic E-state index is 8.47. The van der Waals surface area contributed by atoms with Gasteiger partial charge in [-0.1, -0.05) is 77.1 Å². The summed E-state index contributed by atoms with van der Waals surface area (Å²) in [6.45, 7) is 0. The van der Waals surface area contributed by atoms with E-state index in [0.717, 1.165) is 9.52 Å². The van der Waals surface area contributed by atoms with Crippen molar-refractivity contribution in [3.05, 3.63) is 109 Å². The predicted octanol–water partition coefficient (Wildman–Crippen LogP) is -1.90. The molecule has 140 valence electrons. The first kappa shape index (κ1) is 28.5. The van der Waals surface area contributed by atoms with Gasteiger partial charge in [0.05, 0.1) is 0 Å². The van der Waals surface area contributed by atoms with Gasteiger partial charge in [-0.15, -0.1) is 29.7 Å². The molecule has 0 fully saturated rings. The molecule has 28 heavy (non-hydrogen) atoms. The Morgan fingerprint density at radius 2 is 1.14 bits per heavy atom. The van der Waals surface area contributed by atoms with Crippen LogP contribution in [0.25, 0.3) is 16.5 Å². The molecule has 0 saturated heterocycles. The fourth-order valence-corrected chi connectivity index (χ4v) is 3.33. The van der Waals surface area contributed by atoms with E-state index in [1.807, 2.05) is 0 Å². The third-order valence-corrected chi connectivity index (χ3v) is 4.63. The van der Waals surface area contributed by atoms with Crippen LogP contribution in [0.15, 0.2) is 103 Å². The van der Waals surface area contributed by atoms with E-state index in [2.05, 4.69) is 103 Å². The molecule has 1 N–H and O–H groups in total. The fraction of sp³-hybridized carbons (Fsp3) is 0. The van der Waals surface area contributed by atoms with Gasteiger partial charge in [0.2, 0.25) is 0 Å². The molecule has 0 unspecified atom stereocenters. The van der Waals surface area contributed by atoms with E-state index in [-0.39, 0.29) is 52.9 Å². The molecule has 0 aliphatic heterocycles. The minimum atomic E-state index is 0. The van der Waals surface area contributed by atoms with Crippen LogP contribution in [-0.4, -0.2) is 15.9 Å². The Kier molecular flexibility index (Phi) is 17.6. The first-order valence-electron chi connectivity index (χ1n) is 7.92. The molecule has 2 nitrogen and oxygen atoms in total. The number of halogens is 2. The second-order valence-corrected chi connectivity index (χ2v) is 6.53. The molecule has 0 spiro atoms. The van der Waals surface area contributed by atoms with Crippen LogP contribution >= 0.6 is 0 Å². The Morgan fingerprint density at radius 1 is 0.714 bits per heavy atom. The monoisotopic (exact) mass is 459 g/mol. The van der Waals surface area contributed by atoms with Gasteiger partial charge in [-0.05, 0) is 0 Å². The van der Waals surface area contributed by atoms with Crippen molar-refractivity contribution in [1.29, 1.82) is 0 Å². The summed E-state index contributed by atoms with van der Waals surface area (Å²) in [5, 5.41) is 5.46. The standard InChI is InChI=1S/C12H10Si.C9H7.CH3NO.2ClH.Ti/c1-3-7-11(8-4-1)13-12-9-5-2-6-10-12;1-2-5-9-7-3-6-8(9)4-1;2-1-3;;;/h1-10H;1-7H;1H,(H2,2,3);2*1H;/q;-1;;;;+4/p-3. The number of rotatable bonds is 2. The Bertz CT molecular complexity index is 806. The summed E-state index contributed by atoms with van der Waals surface area (Å²) in [5.41, 5.74) is 5.53. The largest absolute Gasteiger partial charge is 4.00 e. The number of carbonyl (C=O) groups excluding carboxylic acids is 1. The molecule has 0 bridgehead atoms. The van der Waals surface area contributed by atoms with Crippen molar-refractivity contribution in [2.24, 2.45) is 0 Å². The Hall–Kier alpha value is -1.75. The molecule has 0 atom stereocenters. The average molecular weight is 460 g/mol. The Balaban J connectivity index is 0. The summed E-state index contributed by atoms with van der Waals surface area (Å²) in [6, 6.07) is 35.8. The summed E-state index contributed by atoms with van der Waals surface area (Å²) >= 11 is 0. The van der Waals surface area contributed by atoms with Crippen molar-refractivity contribution in [2.75, 3.05) is 0 Å². The topological polar surface area (TPSA) is 40.9 Å². The van der Waals surface area contributed by atoms with Gasteiger partial charge >= 0.3 is 21.7 Å². The first-order valence-corrected chi connectivity index (χ1v) is 8.92. The molecule has 0 heterocycles. The molecular formula is C22H19Cl2NOSiTi. The summed E-state index contributed by atoms with van der Waals surface area (Å²) in [5.74, 6) is 0. The molecular weight excluding hydrogens is 441 g/mol. The van der Waals surface area contributed by atoms with Crippen molar-refractivity contribution in [1.82, 2.24) is 0 Å². The van der Waals surface area contributed by atoms with Crippen LogP contribution in [0.4, 0.5) is 0 Å². The smallest absolute Gasteiger partial charge is 1.00 e. The van der Waals surface area contributed by atoms with Gasteiger partial charge in [0.25, 0.3) is 0 Å². The first-order chi connectivity index (χ1) is 12.3. The molecule has 0 aromatic heterocycles. The van der Waals surface area contributed by atoms with Gasteiger partial charge in [0.1, 0.15) is 9.52 Å². The van der Waals surface area contributed by atoms with Crippen LogP contribution in [0.3, 0.4) is 0 Å². The number of fused-ring (bicyclic) bond motifs is 1. The van der Waals surface area contributed by atoms with Gasteiger partial charge < -0.3 is 35.3 Å². The van der Waals surface area contributed by atoms with Crippen LogP contribution in [-0.2, 0) is 26.5 Å². The molecule has 2 radical (unpaired) electrons. The minimum absolute atomic E-state index is 0. The molecule has 4 aromatic carbocycles. The average Bonchev–Trinajstić information content (AvgIpc) is 3.13. The number of hydrogen-bond donors (Lipinski definition) is 0. The van der Waals surface area contributed by atoms with Crippen molar-refractivity contribution in [3.63, 3.8) is 0 Å². The Morgan fingerprint density at radius 3 is 1.61 bits per heavy atom. The second kappa shape index (κ2) is 17.4. The van der Waals surface area contributed by atoms with Crippen molar-refractivity contribution in [3.8, 4) is 0 Å².